The molecule has 0 bridgehead atoms. The van der Waals surface area contributed by atoms with Crippen LogP contribution in [0.5, 0.6) is 0 Å². The fraction of sp³-hybridized carbons (Fsp3) is 0.500. The van der Waals surface area contributed by atoms with Gasteiger partial charge in [0.15, 0.2) is 42.2 Å². The van der Waals surface area contributed by atoms with Crippen LogP contribution in [-0.4, -0.2) is 96.9 Å². The lowest BCUT2D eigenvalue weighted by Gasteiger charge is -2.22. The normalized spacial score (nSPS) is 31.1. The first-order chi connectivity index (χ1) is 21.2. The SMILES string of the molecule is BP(=O)(OCC1OC(n2cnc3c(N)ncnc32)C(O)C1O)OP(=O)(O)OCC1CC([n+]2cccc(C(N)=O)c2)C(ON)C1O. The van der Waals surface area contributed by atoms with E-state index in [0.717, 1.165) is 7.57 Å². The molecule has 244 valence electrons. The molecule has 3 aromatic rings. The third-order valence-corrected chi connectivity index (χ3v) is 10.7. The van der Waals surface area contributed by atoms with Gasteiger partial charge in [-0.15, -0.1) is 0 Å². The molecule has 5 rings (SSSR count). The zero-order valence-corrected chi connectivity index (χ0v) is 25.4. The highest BCUT2D eigenvalue weighted by molar-refractivity contribution is 7.83. The van der Waals surface area contributed by atoms with Crippen LogP contribution in [0.25, 0.3) is 11.2 Å². The number of amides is 1. The lowest BCUT2D eigenvalue weighted by Crippen LogP contribution is -2.47. The largest absolute Gasteiger partial charge is 0.478 e. The van der Waals surface area contributed by atoms with Gasteiger partial charge in [-0.05, 0) is 6.07 Å². The van der Waals surface area contributed by atoms with Crippen LogP contribution in [0, 0.1) is 5.92 Å². The number of hydrogen-bond acceptors (Lipinski definition) is 16. The number of phosphoric acid groups is 1. The quantitative estimate of drug-likeness (QED) is 0.0441. The van der Waals surface area contributed by atoms with Gasteiger partial charge in [0.2, 0.25) is 0 Å². The highest BCUT2D eigenvalue weighted by Crippen LogP contribution is 2.60. The Balaban J connectivity index is 1.17. The average molecular weight is 673 g/mol. The summed E-state index contributed by atoms with van der Waals surface area (Å²) in [5.41, 5.74) is 11.8. The molecule has 20 nitrogen and oxygen atoms in total. The van der Waals surface area contributed by atoms with Crippen molar-refractivity contribution in [2.24, 2.45) is 17.5 Å². The van der Waals surface area contributed by atoms with Gasteiger partial charge in [0.05, 0.1) is 25.6 Å². The lowest BCUT2D eigenvalue weighted by atomic mass is 10.1. The molecule has 4 heterocycles. The number of anilines is 1. The summed E-state index contributed by atoms with van der Waals surface area (Å²) in [6.45, 7) is -1.15. The van der Waals surface area contributed by atoms with Crippen molar-refractivity contribution in [2.45, 2.75) is 49.2 Å². The van der Waals surface area contributed by atoms with E-state index in [1.165, 1.54) is 29.5 Å². The van der Waals surface area contributed by atoms with E-state index < -0.39 is 83.1 Å². The molecule has 0 aromatic carbocycles. The number of nitrogens with zero attached hydrogens (tertiary/aromatic N) is 5. The minimum absolute atomic E-state index is 0.0926. The number of aromatic nitrogens is 5. The Morgan fingerprint density at radius 3 is 2.62 bits per heavy atom. The number of pyridine rings is 1. The molecule has 0 radical (unpaired) electrons. The first-order valence-electron chi connectivity index (χ1n) is 13.4. The molecule has 2 aliphatic rings. The van der Waals surface area contributed by atoms with Crippen LogP contribution in [0.3, 0.4) is 0 Å². The maximum atomic E-state index is 13.0. The number of fused-ring (bicyclic) bond motifs is 1. The molecule has 1 aliphatic heterocycles. The van der Waals surface area contributed by atoms with Gasteiger partial charge in [-0.25, -0.2) is 29.7 Å². The van der Waals surface area contributed by atoms with Crippen molar-refractivity contribution in [3.05, 3.63) is 42.7 Å². The number of aliphatic hydroxyl groups excluding tert-OH is 3. The van der Waals surface area contributed by atoms with Gasteiger partial charge in [0.25, 0.3) is 20.9 Å². The minimum Gasteiger partial charge on any atom is -0.390 e. The molecule has 1 saturated carbocycles. The van der Waals surface area contributed by atoms with Gasteiger partial charge in [0.1, 0.15) is 35.7 Å². The number of ether oxygens (including phenoxy) is 1. The van der Waals surface area contributed by atoms with Crippen LogP contribution in [0.15, 0.2) is 37.2 Å². The van der Waals surface area contributed by atoms with Crippen molar-refractivity contribution in [3.8, 4) is 0 Å². The van der Waals surface area contributed by atoms with Crippen molar-refractivity contribution >= 4 is 45.8 Å². The van der Waals surface area contributed by atoms with Crippen LogP contribution in [-0.2, 0) is 32.1 Å². The van der Waals surface area contributed by atoms with E-state index in [1.807, 2.05) is 0 Å². The molecular weight excluding hydrogens is 641 g/mol. The summed E-state index contributed by atoms with van der Waals surface area (Å²) in [6, 6.07) is 2.47. The Morgan fingerprint density at radius 1 is 1.16 bits per heavy atom. The second kappa shape index (κ2) is 13.1. The van der Waals surface area contributed by atoms with Crippen LogP contribution < -0.4 is 21.9 Å². The van der Waals surface area contributed by atoms with Gasteiger partial charge in [0, 0.05) is 18.4 Å². The predicted molar refractivity (Wildman–Crippen MR) is 152 cm³/mol. The third kappa shape index (κ3) is 7.09. The van der Waals surface area contributed by atoms with Crippen molar-refractivity contribution in [1.29, 1.82) is 0 Å². The molecule has 3 aromatic heterocycles. The van der Waals surface area contributed by atoms with E-state index in [1.54, 1.807) is 16.8 Å². The van der Waals surface area contributed by atoms with Crippen LogP contribution in [0.2, 0.25) is 0 Å². The maximum Gasteiger partial charge on any atom is 0.478 e. The van der Waals surface area contributed by atoms with Crippen molar-refractivity contribution < 1.29 is 61.6 Å². The molecule has 23 heteroatoms. The van der Waals surface area contributed by atoms with Gasteiger partial charge in [-0.1, -0.05) is 0 Å². The number of carbonyl (C=O) groups is 1. The number of imidazole rings is 1. The molecule has 2 fully saturated rings. The number of rotatable bonds is 12. The Labute approximate surface area is 255 Å². The summed E-state index contributed by atoms with van der Waals surface area (Å²) in [6.07, 6.45) is -2.01. The number of carbonyl (C=O) groups excluding carboxylic acids is 1. The summed E-state index contributed by atoms with van der Waals surface area (Å²) in [5, 5.41) is 31.9. The molecule has 1 amide bonds. The molecule has 45 heavy (non-hydrogen) atoms. The zero-order chi connectivity index (χ0) is 32.7. The van der Waals surface area contributed by atoms with E-state index in [9.17, 15) is 34.1 Å². The highest BCUT2D eigenvalue weighted by Gasteiger charge is 2.50. The number of nitrogens with two attached hydrogens (primary N) is 3. The molecule has 1 aliphatic carbocycles. The van der Waals surface area contributed by atoms with E-state index in [4.69, 9.17) is 40.3 Å². The standard InChI is InChI=1S/C22H31BN8O12P2/c23-44(36,39-7-13-16(33)17(34)22(41-13)31-9-29-14-19(24)27-8-28-21(14)31)43-45(37,38)40-6-11-4-12(18(42-26)15(11)32)30-3-1-2-10(5-30)20(25)35/h1-3,5,8-9,11-13,15-18,22,32-34H,4,6-7,23,26H2,(H4-,24,25,27,28,35,37,38)/p+1. The second-order valence-corrected chi connectivity index (χ2v) is 14.3. The maximum absolute atomic E-state index is 13.0. The van der Waals surface area contributed by atoms with Crippen LogP contribution >= 0.6 is 15.3 Å². The monoisotopic (exact) mass is 673 g/mol. The lowest BCUT2D eigenvalue weighted by molar-refractivity contribution is -0.729. The van der Waals surface area contributed by atoms with E-state index >= 15 is 0 Å². The summed E-state index contributed by atoms with van der Waals surface area (Å²) in [7, 11) is -8.47. The predicted octanol–water partition coefficient (Wildman–Crippen LogP) is -2.81. The second-order valence-electron chi connectivity index (χ2n) is 10.6. The number of hydrogen-bond donors (Lipinski definition) is 7. The number of phosphoric ester groups is 1. The number of nitrogen functional groups attached to an aromatic ring is 1. The van der Waals surface area contributed by atoms with Crippen LogP contribution in [0.4, 0.5) is 5.82 Å². The van der Waals surface area contributed by atoms with E-state index in [2.05, 4.69) is 15.0 Å². The smallest absolute Gasteiger partial charge is 0.390 e. The molecule has 10 unspecified atom stereocenters. The first-order valence-corrected chi connectivity index (χ1v) is 16.9. The zero-order valence-electron chi connectivity index (χ0n) is 23.6. The Morgan fingerprint density at radius 2 is 1.91 bits per heavy atom. The number of aliphatic hydroxyl groups is 3. The highest BCUT2D eigenvalue weighted by atomic mass is 31.3. The number of primary amides is 1. The minimum atomic E-state index is -5.04. The first kappa shape index (κ1) is 33.5. The molecular formula is C22H32BN8O12P2+. The summed E-state index contributed by atoms with van der Waals surface area (Å²) >= 11 is 0. The van der Waals surface area contributed by atoms with E-state index in [0.29, 0.717) is 0 Å². The summed E-state index contributed by atoms with van der Waals surface area (Å²) < 4.78 is 49.3. The van der Waals surface area contributed by atoms with Gasteiger partial charge < -0.3 is 40.9 Å². The van der Waals surface area contributed by atoms with Gasteiger partial charge >= 0.3 is 7.82 Å². The van der Waals surface area contributed by atoms with E-state index in [-0.39, 0.29) is 29.0 Å². The summed E-state index contributed by atoms with van der Waals surface area (Å²) in [5.74, 6) is 4.03. The molecule has 10 N–H and O–H groups in total. The van der Waals surface area contributed by atoms with Gasteiger partial charge in [-0.2, -0.15) is 4.57 Å². The average Bonchev–Trinajstić information content (AvgIpc) is 3.64. The summed E-state index contributed by atoms with van der Waals surface area (Å²) in [4.78, 5) is 38.8. The molecule has 0 spiro atoms. The Hall–Kier alpha value is -2.91. The van der Waals surface area contributed by atoms with Gasteiger partial charge in [-0.3, -0.25) is 23.3 Å². The topological polar surface area (TPSA) is 304 Å². The third-order valence-electron chi connectivity index (χ3n) is 7.56. The van der Waals surface area contributed by atoms with Crippen molar-refractivity contribution in [2.75, 3.05) is 18.9 Å². The molecule has 10 atom stereocenters. The van der Waals surface area contributed by atoms with Crippen molar-refractivity contribution in [1.82, 2.24) is 19.5 Å². The fourth-order valence-electron chi connectivity index (χ4n) is 5.34. The van der Waals surface area contributed by atoms with Crippen molar-refractivity contribution in [3.63, 3.8) is 0 Å². The fourth-order valence-corrected chi connectivity index (χ4v) is 8.01. The van der Waals surface area contributed by atoms with Crippen LogP contribution in [0.1, 0.15) is 29.0 Å². The Bertz CT molecular complexity index is 1650. The molecule has 1 saturated heterocycles. The Kier molecular flexibility index (Phi) is 9.72.